The van der Waals surface area contributed by atoms with Crippen LogP contribution in [0.25, 0.3) is 11.5 Å². The van der Waals surface area contributed by atoms with Gasteiger partial charge in [-0.3, -0.25) is 9.89 Å². The van der Waals surface area contributed by atoms with Crippen molar-refractivity contribution in [2.45, 2.75) is 6.92 Å². The van der Waals surface area contributed by atoms with Crippen molar-refractivity contribution in [3.63, 3.8) is 0 Å². The second-order valence-electron chi connectivity index (χ2n) is 4.39. The van der Waals surface area contributed by atoms with Gasteiger partial charge in [0.25, 0.3) is 0 Å². The minimum absolute atomic E-state index is 0.158. The van der Waals surface area contributed by atoms with Crippen LogP contribution in [0.15, 0.2) is 34.7 Å². The summed E-state index contributed by atoms with van der Waals surface area (Å²) in [5.41, 5.74) is 7.73. The summed E-state index contributed by atoms with van der Waals surface area (Å²) >= 11 is 0. The molecule has 2 heterocycles. The van der Waals surface area contributed by atoms with Gasteiger partial charge >= 0.3 is 11.8 Å². The first-order chi connectivity index (χ1) is 10.1. The number of hydrogen-bond acceptors (Lipinski definition) is 6. The van der Waals surface area contributed by atoms with Crippen molar-refractivity contribution in [1.82, 2.24) is 20.4 Å². The molecule has 0 aliphatic heterocycles. The normalized spacial score (nSPS) is 10.5. The van der Waals surface area contributed by atoms with Gasteiger partial charge in [-0.05, 0) is 19.1 Å². The van der Waals surface area contributed by atoms with Gasteiger partial charge in [0.05, 0.1) is 5.56 Å². The Kier molecular flexibility index (Phi) is 3.11. The largest absolute Gasteiger partial charge is 0.412 e. The number of anilines is 2. The number of nitrogens with one attached hydrogen (secondary N) is 2. The number of benzene rings is 1. The molecule has 0 spiro atoms. The summed E-state index contributed by atoms with van der Waals surface area (Å²) in [6.45, 7) is 1.83. The van der Waals surface area contributed by atoms with E-state index in [-0.39, 0.29) is 11.8 Å². The van der Waals surface area contributed by atoms with E-state index in [1.807, 2.05) is 6.92 Å². The maximum Gasteiger partial charge on any atom is 0.314 e. The molecule has 0 radical (unpaired) electrons. The summed E-state index contributed by atoms with van der Waals surface area (Å²) in [6, 6.07) is 8.72. The van der Waals surface area contributed by atoms with Crippen molar-refractivity contribution in [2.24, 2.45) is 0 Å². The molecule has 0 aliphatic carbocycles. The predicted molar refractivity (Wildman–Crippen MR) is 75.4 cm³/mol. The molecule has 2 aromatic heterocycles. The van der Waals surface area contributed by atoms with Gasteiger partial charge in [-0.25, -0.2) is 0 Å². The monoisotopic (exact) mass is 284 g/mol. The smallest absolute Gasteiger partial charge is 0.314 e. The van der Waals surface area contributed by atoms with E-state index < -0.39 is 5.91 Å². The fourth-order valence-electron chi connectivity index (χ4n) is 1.77. The number of rotatable bonds is 3. The Labute approximate surface area is 119 Å². The van der Waals surface area contributed by atoms with Gasteiger partial charge in [0.1, 0.15) is 0 Å². The van der Waals surface area contributed by atoms with E-state index in [4.69, 9.17) is 10.2 Å². The topological polar surface area (TPSA) is 123 Å². The van der Waals surface area contributed by atoms with Crippen LogP contribution >= 0.6 is 0 Å². The quantitative estimate of drug-likeness (QED) is 0.628. The van der Waals surface area contributed by atoms with Crippen LogP contribution in [0.1, 0.15) is 16.4 Å². The number of carbonyl (C=O) groups excluding carboxylic acids is 1. The molecule has 8 heteroatoms. The van der Waals surface area contributed by atoms with Crippen molar-refractivity contribution in [2.75, 3.05) is 11.1 Å². The lowest BCUT2D eigenvalue weighted by Crippen LogP contribution is -2.12. The van der Waals surface area contributed by atoms with Gasteiger partial charge in [0.15, 0.2) is 5.82 Å². The maximum absolute atomic E-state index is 12.0. The van der Waals surface area contributed by atoms with E-state index in [1.54, 1.807) is 30.3 Å². The van der Waals surface area contributed by atoms with Crippen LogP contribution in [0.3, 0.4) is 0 Å². The van der Waals surface area contributed by atoms with Crippen LogP contribution in [-0.4, -0.2) is 26.3 Å². The molecule has 0 bridgehead atoms. The fraction of sp³-hybridized carbons (Fsp3) is 0.0769. The van der Waals surface area contributed by atoms with E-state index in [1.165, 1.54) is 0 Å². The summed E-state index contributed by atoms with van der Waals surface area (Å²) in [4.78, 5) is 12.0. The number of amides is 1. The summed E-state index contributed by atoms with van der Waals surface area (Å²) in [5.74, 6) is -0.114. The van der Waals surface area contributed by atoms with Gasteiger partial charge in [0, 0.05) is 17.4 Å². The van der Waals surface area contributed by atoms with E-state index in [0.717, 1.165) is 5.69 Å². The Hall–Kier alpha value is -3.16. The predicted octanol–water partition coefficient (Wildman–Crippen LogP) is 1.60. The third-order valence-corrected chi connectivity index (χ3v) is 2.76. The molecule has 3 aromatic rings. The van der Waals surface area contributed by atoms with Crippen LogP contribution < -0.4 is 11.1 Å². The Bertz CT molecular complexity index is 791. The molecule has 0 saturated heterocycles. The van der Waals surface area contributed by atoms with Crippen LogP contribution in [0.4, 0.5) is 11.5 Å². The number of aromatic nitrogens is 4. The van der Waals surface area contributed by atoms with E-state index in [0.29, 0.717) is 17.1 Å². The Balaban J connectivity index is 1.82. The van der Waals surface area contributed by atoms with Crippen molar-refractivity contribution in [3.8, 4) is 11.5 Å². The fourth-order valence-corrected chi connectivity index (χ4v) is 1.77. The minimum atomic E-state index is -0.533. The summed E-state index contributed by atoms with van der Waals surface area (Å²) in [6.07, 6.45) is 0. The van der Waals surface area contributed by atoms with Crippen LogP contribution in [0.5, 0.6) is 0 Å². The first-order valence-corrected chi connectivity index (χ1v) is 6.15. The van der Waals surface area contributed by atoms with E-state index >= 15 is 0 Å². The summed E-state index contributed by atoms with van der Waals surface area (Å²) in [5, 5.41) is 16.7. The SMILES string of the molecule is Cc1cc(NC(=O)c2nnc(-c3ccccc3N)o2)n[nH]1. The zero-order chi connectivity index (χ0) is 14.8. The third kappa shape index (κ3) is 2.59. The minimum Gasteiger partial charge on any atom is -0.412 e. The van der Waals surface area contributed by atoms with Gasteiger partial charge < -0.3 is 15.5 Å². The van der Waals surface area contributed by atoms with Crippen molar-refractivity contribution in [1.29, 1.82) is 0 Å². The van der Waals surface area contributed by atoms with Crippen LogP contribution in [0.2, 0.25) is 0 Å². The zero-order valence-corrected chi connectivity index (χ0v) is 11.1. The molecule has 3 rings (SSSR count). The molecule has 21 heavy (non-hydrogen) atoms. The van der Waals surface area contributed by atoms with Gasteiger partial charge in [-0.2, -0.15) is 5.10 Å². The number of para-hydroxylation sites is 1. The Morgan fingerprint density at radius 2 is 2.14 bits per heavy atom. The highest BCUT2D eigenvalue weighted by Crippen LogP contribution is 2.24. The molecular weight excluding hydrogens is 272 g/mol. The zero-order valence-electron chi connectivity index (χ0n) is 11.1. The number of nitrogen functional groups attached to an aromatic ring is 1. The molecule has 8 nitrogen and oxygen atoms in total. The van der Waals surface area contributed by atoms with Crippen LogP contribution in [-0.2, 0) is 0 Å². The van der Waals surface area contributed by atoms with E-state index in [9.17, 15) is 4.79 Å². The van der Waals surface area contributed by atoms with Gasteiger partial charge in [-0.15, -0.1) is 10.2 Å². The van der Waals surface area contributed by atoms with Crippen molar-refractivity contribution >= 4 is 17.4 Å². The molecule has 1 aromatic carbocycles. The summed E-state index contributed by atoms with van der Waals surface area (Å²) in [7, 11) is 0. The number of H-pyrrole nitrogens is 1. The lowest BCUT2D eigenvalue weighted by Gasteiger charge is -1.99. The van der Waals surface area contributed by atoms with Gasteiger partial charge in [-0.1, -0.05) is 12.1 Å². The lowest BCUT2D eigenvalue weighted by molar-refractivity contribution is 0.0990. The molecule has 106 valence electrons. The highest BCUT2D eigenvalue weighted by Gasteiger charge is 2.17. The highest BCUT2D eigenvalue weighted by molar-refractivity contribution is 6.00. The van der Waals surface area contributed by atoms with Gasteiger partial charge in [0.2, 0.25) is 5.89 Å². The van der Waals surface area contributed by atoms with E-state index in [2.05, 4.69) is 25.7 Å². The molecule has 4 N–H and O–H groups in total. The van der Waals surface area contributed by atoms with Crippen molar-refractivity contribution < 1.29 is 9.21 Å². The summed E-state index contributed by atoms with van der Waals surface area (Å²) < 4.78 is 5.34. The number of nitrogens with two attached hydrogens (primary N) is 1. The average molecular weight is 284 g/mol. The lowest BCUT2D eigenvalue weighted by atomic mass is 10.2. The molecule has 0 fully saturated rings. The average Bonchev–Trinajstić information content (AvgIpc) is 3.09. The number of nitrogens with zero attached hydrogens (tertiary/aromatic N) is 3. The van der Waals surface area contributed by atoms with Crippen LogP contribution in [0, 0.1) is 6.92 Å². The Morgan fingerprint density at radius 3 is 2.86 bits per heavy atom. The first-order valence-electron chi connectivity index (χ1n) is 6.15. The first kappa shape index (κ1) is 12.9. The molecule has 0 unspecified atom stereocenters. The molecule has 1 amide bonds. The number of hydrogen-bond donors (Lipinski definition) is 3. The Morgan fingerprint density at radius 1 is 1.33 bits per heavy atom. The standard InChI is InChI=1S/C13H12N6O2/c1-7-6-10(17-16-7)15-11(20)13-19-18-12(21-13)8-4-2-3-5-9(8)14/h2-6H,14H2,1H3,(H2,15,16,17,20). The van der Waals surface area contributed by atoms with Crippen molar-refractivity contribution in [3.05, 3.63) is 41.9 Å². The maximum atomic E-state index is 12.0. The number of aryl methyl sites for hydroxylation is 1. The number of aromatic amines is 1. The number of carbonyl (C=O) groups is 1. The third-order valence-electron chi connectivity index (χ3n) is 2.76. The second kappa shape index (κ2) is 5.08. The molecular formula is C13H12N6O2. The molecule has 0 aliphatic rings. The highest BCUT2D eigenvalue weighted by atomic mass is 16.4. The molecule has 0 saturated carbocycles. The molecule has 0 atom stereocenters. The second-order valence-corrected chi connectivity index (χ2v) is 4.39.